The van der Waals surface area contributed by atoms with Gasteiger partial charge < -0.3 is 4.74 Å². The molecule has 0 amide bonds. The largest absolute Gasteiger partial charge is 0.494 e. The number of benzene rings is 1. The summed E-state index contributed by atoms with van der Waals surface area (Å²) in [6, 6.07) is 5.22. The van der Waals surface area contributed by atoms with Crippen molar-refractivity contribution in [2.75, 3.05) is 19.7 Å². The van der Waals surface area contributed by atoms with Crippen LogP contribution in [0.25, 0.3) is 0 Å². The summed E-state index contributed by atoms with van der Waals surface area (Å²) in [5, 5.41) is 0. The zero-order valence-electron chi connectivity index (χ0n) is 14.0. The van der Waals surface area contributed by atoms with Crippen LogP contribution in [0.1, 0.15) is 39.7 Å². The normalized spacial score (nSPS) is 23.5. The molecule has 1 aromatic rings. The van der Waals surface area contributed by atoms with Crippen molar-refractivity contribution < 1.29 is 13.2 Å². The van der Waals surface area contributed by atoms with E-state index in [2.05, 4.69) is 13.8 Å². The molecule has 5 heteroatoms. The van der Waals surface area contributed by atoms with Gasteiger partial charge in [-0.25, -0.2) is 8.42 Å². The van der Waals surface area contributed by atoms with Gasteiger partial charge in [0.2, 0.25) is 10.0 Å². The summed E-state index contributed by atoms with van der Waals surface area (Å²) >= 11 is 0. The summed E-state index contributed by atoms with van der Waals surface area (Å²) < 4.78 is 33.0. The van der Waals surface area contributed by atoms with E-state index in [1.54, 1.807) is 22.5 Å². The van der Waals surface area contributed by atoms with Gasteiger partial charge in [0, 0.05) is 13.1 Å². The Balaban J connectivity index is 2.33. The highest BCUT2D eigenvalue weighted by Gasteiger charge is 2.31. The second kappa shape index (κ2) is 7.01. The highest BCUT2D eigenvalue weighted by molar-refractivity contribution is 7.89. The first-order valence-corrected chi connectivity index (χ1v) is 9.58. The molecule has 4 nitrogen and oxygen atoms in total. The maximum absolute atomic E-state index is 12.9. The van der Waals surface area contributed by atoms with Gasteiger partial charge in [-0.05, 0) is 55.4 Å². The molecule has 0 unspecified atom stereocenters. The minimum atomic E-state index is -3.41. The number of sulfonamides is 1. The third-order valence-electron chi connectivity index (χ3n) is 4.19. The number of nitrogens with zero attached hydrogens (tertiary/aromatic N) is 1. The van der Waals surface area contributed by atoms with Crippen molar-refractivity contribution >= 4 is 10.0 Å². The van der Waals surface area contributed by atoms with Crippen molar-refractivity contribution in [2.45, 2.75) is 45.4 Å². The van der Waals surface area contributed by atoms with Crippen LogP contribution in [-0.4, -0.2) is 32.4 Å². The van der Waals surface area contributed by atoms with Crippen LogP contribution in [0.4, 0.5) is 0 Å². The average molecular weight is 325 g/mol. The third kappa shape index (κ3) is 3.63. The Kier molecular flexibility index (Phi) is 5.50. The quantitative estimate of drug-likeness (QED) is 0.834. The van der Waals surface area contributed by atoms with Gasteiger partial charge in [-0.15, -0.1) is 0 Å². The predicted molar refractivity (Wildman–Crippen MR) is 88.7 cm³/mol. The van der Waals surface area contributed by atoms with E-state index in [-0.39, 0.29) is 0 Å². The second-order valence-electron chi connectivity index (χ2n) is 6.32. The van der Waals surface area contributed by atoms with Crippen LogP contribution in [0, 0.1) is 11.8 Å². The minimum Gasteiger partial charge on any atom is -0.494 e. The predicted octanol–water partition coefficient (Wildman–Crippen LogP) is 3.31. The van der Waals surface area contributed by atoms with E-state index < -0.39 is 10.0 Å². The summed E-state index contributed by atoms with van der Waals surface area (Å²) in [5.74, 6) is 1.60. The van der Waals surface area contributed by atoms with E-state index in [9.17, 15) is 8.42 Å². The number of hydrogen-bond donors (Lipinski definition) is 0. The van der Waals surface area contributed by atoms with Crippen LogP contribution in [0.5, 0.6) is 5.75 Å². The molecule has 0 N–H and O–H groups in total. The van der Waals surface area contributed by atoms with E-state index in [1.807, 2.05) is 13.8 Å². The van der Waals surface area contributed by atoms with E-state index in [4.69, 9.17) is 4.74 Å². The molecule has 0 radical (unpaired) electrons. The van der Waals surface area contributed by atoms with E-state index in [0.29, 0.717) is 36.4 Å². The molecule has 0 aromatic heterocycles. The molecule has 1 saturated heterocycles. The lowest BCUT2D eigenvalue weighted by molar-refractivity contribution is 0.222. The first kappa shape index (κ1) is 17.3. The molecular weight excluding hydrogens is 298 g/mol. The zero-order chi connectivity index (χ0) is 16.3. The van der Waals surface area contributed by atoms with Crippen LogP contribution in [0.3, 0.4) is 0 Å². The number of rotatable bonds is 5. The van der Waals surface area contributed by atoms with E-state index >= 15 is 0 Å². The lowest BCUT2D eigenvalue weighted by Gasteiger charge is -2.34. The van der Waals surface area contributed by atoms with Gasteiger partial charge in [0.25, 0.3) is 0 Å². The summed E-state index contributed by atoms with van der Waals surface area (Å²) in [6.07, 6.45) is 1.85. The molecule has 124 valence electrons. The van der Waals surface area contributed by atoms with Crippen LogP contribution in [0.2, 0.25) is 0 Å². The van der Waals surface area contributed by atoms with Gasteiger partial charge in [0.1, 0.15) is 5.75 Å². The van der Waals surface area contributed by atoms with Gasteiger partial charge in [-0.2, -0.15) is 4.31 Å². The minimum absolute atomic E-state index is 0.383. The molecule has 0 saturated carbocycles. The maximum Gasteiger partial charge on any atom is 0.243 e. The Morgan fingerprint density at radius 3 is 2.36 bits per heavy atom. The molecule has 1 aromatic carbocycles. The Bertz CT molecular complexity index is 602. The van der Waals surface area contributed by atoms with Crippen molar-refractivity contribution in [3.05, 3.63) is 23.8 Å². The second-order valence-corrected chi connectivity index (χ2v) is 8.26. The van der Waals surface area contributed by atoms with Gasteiger partial charge >= 0.3 is 0 Å². The molecule has 1 aliphatic rings. The SMILES string of the molecule is CCOc1ccc(S(=O)(=O)N2C[C@@H](C)C[C@H](C)C2)cc1CC. The van der Waals surface area contributed by atoms with E-state index in [0.717, 1.165) is 24.2 Å². The Morgan fingerprint density at radius 1 is 1.18 bits per heavy atom. The Hall–Kier alpha value is -1.07. The molecular formula is C17H27NO3S. The topological polar surface area (TPSA) is 46.6 Å². The van der Waals surface area contributed by atoms with E-state index in [1.165, 1.54) is 0 Å². The smallest absolute Gasteiger partial charge is 0.243 e. The number of piperidine rings is 1. The summed E-state index contributed by atoms with van der Waals surface area (Å²) in [5.41, 5.74) is 0.945. The van der Waals surface area contributed by atoms with Crippen molar-refractivity contribution in [3.8, 4) is 5.75 Å². The highest BCUT2D eigenvalue weighted by atomic mass is 32.2. The highest BCUT2D eigenvalue weighted by Crippen LogP contribution is 2.29. The molecule has 1 heterocycles. The molecule has 2 atom stereocenters. The van der Waals surface area contributed by atoms with Crippen molar-refractivity contribution in [1.29, 1.82) is 0 Å². The molecule has 22 heavy (non-hydrogen) atoms. The van der Waals surface area contributed by atoms with Gasteiger partial charge in [0.05, 0.1) is 11.5 Å². The first-order chi connectivity index (χ1) is 10.4. The number of hydrogen-bond acceptors (Lipinski definition) is 3. The van der Waals surface area contributed by atoms with Crippen LogP contribution in [0.15, 0.2) is 23.1 Å². The summed E-state index contributed by atoms with van der Waals surface area (Å²) in [6.45, 7) is 9.99. The van der Waals surface area contributed by atoms with Crippen molar-refractivity contribution in [1.82, 2.24) is 4.31 Å². The van der Waals surface area contributed by atoms with Crippen LogP contribution < -0.4 is 4.74 Å². The Morgan fingerprint density at radius 2 is 1.82 bits per heavy atom. The standard InChI is InChI=1S/C17H27NO3S/c1-5-15-10-16(7-8-17(15)21-6-2)22(19,20)18-11-13(3)9-14(4)12-18/h7-8,10,13-14H,5-6,9,11-12H2,1-4H3/t13-,14-/m0/s1. The monoisotopic (exact) mass is 325 g/mol. The summed E-state index contributed by atoms with van der Waals surface area (Å²) in [7, 11) is -3.41. The van der Waals surface area contributed by atoms with Crippen molar-refractivity contribution in [2.24, 2.45) is 11.8 Å². The third-order valence-corrected chi connectivity index (χ3v) is 6.01. The molecule has 2 rings (SSSR count). The fourth-order valence-electron chi connectivity index (χ4n) is 3.24. The molecule has 0 spiro atoms. The van der Waals surface area contributed by atoms with Gasteiger partial charge in [-0.3, -0.25) is 0 Å². The van der Waals surface area contributed by atoms with Gasteiger partial charge in [-0.1, -0.05) is 20.8 Å². The summed E-state index contributed by atoms with van der Waals surface area (Å²) in [4.78, 5) is 0.383. The maximum atomic E-state index is 12.9. The van der Waals surface area contributed by atoms with Crippen LogP contribution >= 0.6 is 0 Å². The zero-order valence-corrected chi connectivity index (χ0v) is 14.8. The first-order valence-electron chi connectivity index (χ1n) is 8.14. The molecule has 1 fully saturated rings. The van der Waals surface area contributed by atoms with Gasteiger partial charge in [0.15, 0.2) is 0 Å². The Labute approximate surface area is 134 Å². The lowest BCUT2D eigenvalue weighted by Crippen LogP contribution is -2.42. The number of ether oxygens (including phenoxy) is 1. The number of aryl methyl sites for hydroxylation is 1. The van der Waals surface area contributed by atoms with Crippen molar-refractivity contribution in [3.63, 3.8) is 0 Å². The fourth-order valence-corrected chi connectivity index (χ4v) is 4.97. The fraction of sp³-hybridized carbons (Fsp3) is 0.647. The van der Waals surface area contributed by atoms with Crippen LogP contribution in [-0.2, 0) is 16.4 Å². The molecule has 1 aliphatic heterocycles. The average Bonchev–Trinajstić information content (AvgIpc) is 2.46. The molecule has 0 bridgehead atoms. The molecule has 0 aliphatic carbocycles. The lowest BCUT2D eigenvalue weighted by atomic mass is 9.94.